The van der Waals surface area contributed by atoms with E-state index < -0.39 is 5.97 Å². The highest BCUT2D eigenvalue weighted by molar-refractivity contribution is 5.91. The second-order valence-corrected chi connectivity index (χ2v) is 4.43. The molecule has 0 saturated heterocycles. The number of carboxylic acids is 1. The average Bonchev–Trinajstić information content (AvgIpc) is 2.84. The lowest BCUT2D eigenvalue weighted by Crippen LogP contribution is -2.09. The Labute approximate surface area is 82.6 Å². The summed E-state index contributed by atoms with van der Waals surface area (Å²) in [7, 11) is 0. The van der Waals surface area contributed by atoms with Crippen molar-refractivity contribution < 1.29 is 9.90 Å². The van der Waals surface area contributed by atoms with E-state index in [1.807, 2.05) is 6.07 Å². The van der Waals surface area contributed by atoms with Crippen molar-refractivity contribution in [1.29, 1.82) is 0 Å². The summed E-state index contributed by atoms with van der Waals surface area (Å²) in [6.45, 7) is 0. The third-order valence-corrected chi connectivity index (χ3v) is 3.64. The first-order valence-corrected chi connectivity index (χ1v) is 5.09. The van der Waals surface area contributed by atoms with E-state index in [4.69, 9.17) is 5.11 Å². The summed E-state index contributed by atoms with van der Waals surface area (Å²) in [4.78, 5) is 11.1. The van der Waals surface area contributed by atoms with Crippen molar-refractivity contribution in [3.63, 3.8) is 0 Å². The predicted molar refractivity (Wildman–Crippen MR) is 52.6 cm³/mol. The van der Waals surface area contributed by atoms with E-state index >= 15 is 0 Å². The van der Waals surface area contributed by atoms with Gasteiger partial charge < -0.3 is 5.11 Å². The van der Waals surface area contributed by atoms with E-state index in [1.54, 1.807) is 6.07 Å². The Morgan fingerprint density at radius 1 is 1.29 bits per heavy atom. The summed E-state index contributed by atoms with van der Waals surface area (Å²) in [6.07, 6.45) is 4.59. The number of aryl methyl sites for hydroxylation is 1. The first-order valence-electron chi connectivity index (χ1n) is 5.09. The molecule has 1 saturated carbocycles. The molecule has 72 valence electrons. The van der Waals surface area contributed by atoms with Crippen LogP contribution in [0.15, 0.2) is 18.2 Å². The Kier molecular flexibility index (Phi) is 1.37. The molecule has 14 heavy (non-hydrogen) atoms. The van der Waals surface area contributed by atoms with Crippen molar-refractivity contribution in [3.8, 4) is 0 Å². The van der Waals surface area contributed by atoms with E-state index in [1.165, 1.54) is 18.4 Å². The molecule has 0 atom stereocenters. The predicted octanol–water partition coefficient (Wildman–Crippen LogP) is 2.36. The Morgan fingerprint density at radius 3 is 2.71 bits per heavy atom. The number of carboxylic acid groups (broad SMARTS) is 1. The largest absolute Gasteiger partial charge is 0.478 e. The molecule has 0 heterocycles. The van der Waals surface area contributed by atoms with Crippen LogP contribution in [0.5, 0.6) is 0 Å². The minimum absolute atomic E-state index is 0.268. The van der Waals surface area contributed by atoms with Crippen LogP contribution in [0.4, 0.5) is 0 Å². The molecule has 1 aromatic carbocycles. The SMILES string of the molecule is O=C(O)c1cccc2c1C1(CC2)CC1. The van der Waals surface area contributed by atoms with Gasteiger partial charge in [0.15, 0.2) is 0 Å². The second kappa shape index (κ2) is 2.38. The van der Waals surface area contributed by atoms with Crippen molar-refractivity contribution in [3.05, 3.63) is 34.9 Å². The lowest BCUT2D eigenvalue weighted by Gasteiger charge is -2.11. The molecular weight excluding hydrogens is 176 g/mol. The van der Waals surface area contributed by atoms with Crippen molar-refractivity contribution in [1.82, 2.24) is 0 Å². The summed E-state index contributed by atoms with van der Waals surface area (Å²) in [5.74, 6) is -0.768. The monoisotopic (exact) mass is 188 g/mol. The highest BCUT2D eigenvalue weighted by atomic mass is 16.4. The van der Waals surface area contributed by atoms with Gasteiger partial charge in [-0.05, 0) is 48.3 Å². The van der Waals surface area contributed by atoms with Crippen LogP contribution in [0.25, 0.3) is 0 Å². The molecule has 1 aromatic rings. The summed E-state index contributed by atoms with van der Waals surface area (Å²) >= 11 is 0. The molecule has 2 aliphatic carbocycles. The fourth-order valence-corrected chi connectivity index (χ4v) is 2.76. The number of benzene rings is 1. The van der Waals surface area contributed by atoms with Crippen LogP contribution in [0, 0.1) is 0 Å². The van der Waals surface area contributed by atoms with Gasteiger partial charge in [-0.3, -0.25) is 0 Å². The maximum atomic E-state index is 11.1. The molecule has 1 N–H and O–H groups in total. The smallest absolute Gasteiger partial charge is 0.335 e. The fourth-order valence-electron chi connectivity index (χ4n) is 2.76. The standard InChI is InChI=1S/C12H12O2/c13-11(14)9-3-1-2-8-4-5-12(6-7-12)10(8)9/h1-3H,4-7H2,(H,13,14). The molecule has 0 unspecified atom stereocenters. The fraction of sp³-hybridized carbons (Fsp3) is 0.417. The van der Waals surface area contributed by atoms with Crippen LogP contribution in [0.3, 0.4) is 0 Å². The molecule has 0 aromatic heterocycles. The lowest BCUT2D eigenvalue weighted by atomic mass is 9.93. The Balaban J connectivity index is 2.24. The maximum absolute atomic E-state index is 11.1. The number of fused-ring (bicyclic) bond motifs is 2. The van der Waals surface area contributed by atoms with Crippen LogP contribution in [0.2, 0.25) is 0 Å². The van der Waals surface area contributed by atoms with E-state index in [2.05, 4.69) is 6.07 Å². The third kappa shape index (κ3) is 0.884. The van der Waals surface area contributed by atoms with E-state index in [0.29, 0.717) is 5.56 Å². The number of aromatic carboxylic acids is 1. The van der Waals surface area contributed by atoms with Gasteiger partial charge >= 0.3 is 5.97 Å². The highest BCUT2D eigenvalue weighted by Crippen LogP contribution is 2.57. The zero-order valence-electron chi connectivity index (χ0n) is 7.92. The molecular formula is C12H12O2. The minimum Gasteiger partial charge on any atom is -0.478 e. The molecule has 0 bridgehead atoms. The summed E-state index contributed by atoms with van der Waals surface area (Å²) in [6, 6.07) is 5.69. The number of hydrogen-bond donors (Lipinski definition) is 1. The molecule has 0 amide bonds. The van der Waals surface area contributed by atoms with Crippen molar-refractivity contribution in [2.75, 3.05) is 0 Å². The van der Waals surface area contributed by atoms with E-state index in [0.717, 1.165) is 18.4 Å². The van der Waals surface area contributed by atoms with Gasteiger partial charge in [-0.15, -0.1) is 0 Å². The first kappa shape index (κ1) is 8.04. The quantitative estimate of drug-likeness (QED) is 0.734. The lowest BCUT2D eigenvalue weighted by molar-refractivity contribution is 0.0695. The second-order valence-electron chi connectivity index (χ2n) is 4.43. The van der Waals surface area contributed by atoms with Gasteiger partial charge in [0.25, 0.3) is 0 Å². The van der Waals surface area contributed by atoms with Gasteiger partial charge in [-0.25, -0.2) is 4.79 Å². The maximum Gasteiger partial charge on any atom is 0.335 e. The van der Waals surface area contributed by atoms with Crippen molar-refractivity contribution in [2.45, 2.75) is 31.1 Å². The Morgan fingerprint density at radius 2 is 2.07 bits per heavy atom. The van der Waals surface area contributed by atoms with Crippen molar-refractivity contribution in [2.24, 2.45) is 0 Å². The number of hydrogen-bond acceptors (Lipinski definition) is 1. The molecule has 3 rings (SSSR count). The summed E-state index contributed by atoms with van der Waals surface area (Å²) in [5.41, 5.74) is 3.22. The zero-order chi connectivity index (χ0) is 9.76. The summed E-state index contributed by atoms with van der Waals surface area (Å²) < 4.78 is 0. The summed E-state index contributed by atoms with van der Waals surface area (Å²) in [5, 5.41) is 9.11. The van der Waals surface area contributed by atoms with Gasteiger partial charge in [-0.2, -0.15) is 0 Å². The van der Waals surface area contributed by atoms with E-state index in [-0.39, 0.29) is 5.41 Å². The van der Waals surface area contributed by atoms with Crippen LogP contribution in [-0.4, -0.2) is 11.1 Å². The van der Waals surface area contributed by atoms with Crippen LogP contribution in [0.1, 0.15) is 40.7 Å². The molecule has 2 heteroatoms. The van der Waals surface area contributed by atoms with Crippen LogP contribution in [-0.2, 0) is 11.8 Å². The van der Waals surface area contributed by atoms with E-state index in [9.17, 15) is 4.79 Å². The third-order valence-electron chi connectivity index (χ3n) is 3.64. The normalized spacial score (nSPS) is 20.9. The Hall–Kier alpha value is -1.31. The Bertz CT molecular complexity index is 416. The molecule has 2 aliphatic rings. The highest BCUT2D eigenvalue weighted by Gasteiger charge is 2.50. The number of carbonyl (C=O) groups is 1. The molecule has 1 fully saturated rings. The molecule has 0 radical (unpaired) electrons. The van der Waals surface area contributed by atoms with Gasteiger partial charge in [0.05, 0.1) is 5.56 Å². The van der Waals surface area contributed by atoms with Gasteiger partial charge in [0.2, 0.25) is 0 Å². The minimum atomic E-state index is -0.768. The van der Waals surface area contributed by atoms with Crippen LogP contribution >= 0.6 is 0 Å². The average molecular weight is 188 g/mol. The molecule has 0 aliphatic heterocycles. The topological polar surface area (TPSA) is 37.3 Å². The van der Waals surface area contributed by atoms with Crippen molar-refractivity contribution >= 4 is 5.97 Å². The first-order chi connectivity index (χ1) is 6.73. The molecule has 2 nitrogen and oxygen atoms in total. The molecule has 1 spiro atoms. The number of rotatable bonds is 1. The van der Waals surface area contributed by atoms with Gasteiger partial charge in [0, 0.05) is 0 Å². The van der Waals surface area contributed by atoms with Gasteiger partial charge in [-0.1, -0.05) is 12.1 Å². The zero-order valence-corrected chi connectivity index (χ0v) is 7.92. The van der Waals surface area contributed by atoms with Gasteiger partial charge in [0.1, 0.15) is 0 Å². The van der Waals surface area contributed by atoms with Crippen LogP contribution < -0.4 is 0 Å².